The Morgan fingerprint density at radius 3 is 2.52 bits per heavy atom. The van der Waals surface area contributed by atoms with Crippen molar-refractivity contribution >= 4 is 11.7 Å². The van der Waals surface area contributed by atoms with Gasteiger partial charge in [0.25, 0.3) is 5.91 Å². The van der Waals surface area contributed by atoms with Crippen molar-refractivity contribution in [3.05, 3.63) is 64.2 Å². The first kappa shape index (κ1) is 17.8. The second-order valence-corrected chi connectivity index (χ2v) is 7.93. The summed E-state index contributed by atoms with van der Waals surface area (Å²) in [7, 11) is 0. The highest BCUT2D eigenvalue weighted by Crippen LogP contribution is 2.41. The van der Waals surface area contributed by atoms with Crippen LogP contribution in [0.25, 0.3) is 0 Å². The molecular weight excluding hydrogens is 338 g/mol. The van der Waals surface area contributed by atoms with Crippen molar-refractivity contribution in [2.75, 3.05) is 13.1 Å². The van der Waals surface area contributed by atoms with Crippen LogP contribution in [-0.4, -0.2) is 35.3 Å². The lowest BCUT2D eigenvalue weighted by molar-refractivity contribution is -0.00620. The van der Waals surface area contributed by atoms with Crippen molar-refractivity contribution in [2.24, 2.45) is 0 Å². The van der Waals surface area contributed by atoms with E-state index in [1.165, 1.54) is 0 Å². The molecule has 0 N–H and O–H groups in total. The Labute approximate surface area is 160 Å². The zero-order chi connectivity index (χ0) is 19.2. The molecular formula is C23H25NO3. The maximum atomic E-state index is 12.8. The third kappa shape index (κ3) is 3.14. The second-order valence-electron chi connectivity index (χ2n) is 7.93. The molecule has 1 saturated heterocycles. The summed E-state index contributed by atoms with van der Waals surface area (Å²) in [5, 5.41) is 0. The van der Waals surface area contributed by atoms with Gasteiger partial charge in [0.05, 0.1) is 12.0 Å². The Kier molecular flexibility index (Phi) is 4.29. The molecule has 0 aromatic heterocycles. The van der Waals surface area contributed by atoms with Gasteiger partial charge in [-0.15, -0.1) is 0 Å². The monoisotopic (exact) mass is 363 g/mol. The fraction of sp³-hybridized carbons (Fsp3) is 0.391. The summed E-state index contributed by atoms with van der Waals surface area (Å²) in [6.07, 6.45) is 1.77. The maximum absolute atomic E-state index is 12.8. The van der Waals surface area contributed by atoms with E-state index in [-0.39, 0.29) is 11.7 Å². The van der Waals surface area contributed by atoms with E-state index in [1.54, 1.807) is 0 Å². The lowest BCUT2D eigenvalue weighted by Crippen LogP contribution is -2.52. The molecule has 0 unspecified atom stereocenters. The van der Waals surface area contributed by atoms with Crippen LogP contribution in [0, 0.1) is 20.8 Å². The van der Waals surface area contributed by atoms with Gasteiger partial charge in [0.2, 0.25) is 0 Å². The summed E-state index contributed by atoms with van der Waals surface area (Å²) in [4.78, 5) is 27.4. The number of benzene rings is 2. The Balaban J connectivity index is 1.53. The lowest BCUT2D eigenvalue weighted by atomic mass is 9.81. The van der Waals surface area contributed by atoms with Crippen molar-refractivity contribution in [2.45, 2.75) is 45.6 Å². The average molecular weight is 363 g/mol. The zero-order valence-corrected chi connectivity index (χ0v) is 16.2. The van der Waals surface area contributed by atoms with Crippen molar-refractivity contribution in [3.8, 4) is 5.75 Å². The summed E-state index contributed by atoms with van der Waals surface area (Å²) in [5.41, 5.74) is 4.19. The molecule has 4 heteroatoms. The van der Waals surface area contributed by atoms with Crippen molar-refractivity contribution in [1.29, 1.82) is 0 Å². The van der Waals surface area contributed by atoms with E-state index >= 15 is 0 Å². The highest BCUT2D eigenvalue weighted by Gasteiger charge is 2.44. The number of ketones is 1. The molecule has 2 aliphatic rings. The van der Waals surface area contributed by atoms with Gasteiger partial charge in [-0.2, -0.15) is 0 Å². The van der Waals surface area contributed by atoms with Gasteiger partial charge in [-0.1, -0.05) is 23.8 Å². The Morgan fingerprint density at radius 2 is 1.81 bits per heavy atom. The number of rotatable bonds is 1. The van der Waals surface area contributed by atoms with Crippen molar-refractivity contribution in [3.63, 3.8) is 0 Å². The SMILES string of the molecule is Cc1cccc(C(=O)N2CCC3(CC2)CC(=O)c2ccc(C)c(C)c2O3)c1. The number of aryl methyl sites for hydroxylation is 2. The Morgan fingerprint density at radius 1 is 1.07 bits per heavy atom. The molecule has 0 saturated carbocycles. The first-order valence-corrected chi connectivity index (χ1v) is 9.57. The van der Waals surface area contributed by atoms with Crippen LogP contribution in [0.3, 0.4) is 0 Å². The van der Waals surface area contributed by atoms with E-state index < -0.39 is 5.60 Å². The van der Waals surface area contributed by atoms with Crippen molar-refractivity contribution in [1.82, 2.24) is 4.90 Å². The number of amides is 1. The van der Waals surface area contributed by atoms with Gasteiger partial charge in [-0.05, 0) is 50.1 Å². The number of ether oxygens (including phenoxy) is 1. The summed E-state index contributed by atoms with van der Waals surface area (Å²) < 4.78 is 6.44. The van der Waals surface area contributed by atoms with Crippen LogP contribution in [-0.2, 0) is 0 Å². The number of fused-ring (bicyclic) bond motifs is 1. The minimum atomic E-state index is -0.480. The lowest BCUT2D eigenvalue weighted by Gasteiger charge is -2.44. The molecule has 4 rings (SSSR count). The van der Waals surface area contributed by atoms with Crippen LogP contribution in [0.15, 0.2) is 36.4 Å². The molecule has 2 aromatic rings. The normalized spacial score (nSPS) is 18.2. The highest BCUT2D eigenvalue weighted by molar-refractivity contribution is 6.01. The predicted molar refractivity (Wildman–Crippen MR) is 105 cm³/mol. The molecule has 0 bridgehead atoms. The number of hydrogen-bond donors (Lipinski definition) is 0. The molecule has 2 aliphatic heterocycles. The molecule has 1 amide bonds. The van der Waals surface area contributed by atoms with Gasteiger partial charge in [0, 0.05) is 31.5 Å². The standard InChI is InChI=1S/C23H25NO3/c1-15-5-4-6-18(13-15)22(26)24-11-9-23(10-12-24)14-20(25)19-8-7-16(2)17(3)21(19)27-23/h4-8,13H,9-12,14H2,1-3H3. The van der Waals surface area contributed by atoms with Gasteiger partial charge in [-0.25, -0.2) is 0 Å². The van der Waals surface area contributed by atoms with Gasteiger partial charge in [0.15, 0.2) is 5.78 Å². The molecule has 2 aromatic carbocycles. The molecule has 1 spiro atoms. The molecule has 0 atom stereocenters. The third-order valence-electron chi connectivity index (χ3n) is 6.01. The predicted octanol–water partition coefficient (Wildman–Crippen LogP) is 4.25. The van der Waals surface area contributed by atoms with Gasteiger partial charge >= 0.3 is 0 Å². The summed E-state index contributed by atoms with van der Waals surface area (Å²) >= 11 is 0. The van der Waals surface area contributed by atoms with E-state index in [2.05, 4.69) is 0 Å². The van der Waals surface area contributed by atoms with Gasteiger partial charge < -0.3 is 9.64 Å². The zero-order valence-electron chi connectivity index (χ0n) is 16.2. The smallest absolute Gasteiger partial charge is 0.253 e. The Bertz CT molecular complexity index is 923. The fourth-order valence-electron chi connectivity index (χ4n) is 4.14. The van der Waals surface area contributed by atoms with Crippen LogP contribution >= 0.6 is 0 Å². The molecule has 140 valence electrons. The molecule has 1 fully saturated rings. The van der Waals surface area contributed by atoms with Crippen LogP contribution in [0.4, 0.5) is 0 Å². The van der Waals surface area contributed by atoms with Gasteiger partial charge in [-0.3, -0.25) is 9.59 Å². The van der Waals surface area contributed by atoms with Crippen LogP contribution in [0.2, 0.25) is 0 Å². The number of piperidine rings is 1. The minimum Gasteiger partial charge on any atom is -0.486 e. The van der Waals surface area contributed by atoms with E-state index in [0.29, 0.717) is 37.9 Å². The first-order chi connectivity index (χ1) is 12.9. The third-order valence-corrected chi connectivity index (χ3v) is 6.01. The van der Waals surface area contributed by atoms with Crippen molar-refractivity contribution < 1.29 is 14.3 Å². The maximum Gasteiger partial charge on any atom is 0.253 e. The van der Waals surface area contributed by atoms with Gasteiger partial charge in [0.1, 0.15) is 11.4 Å². The summed E-state index contributed by atoms with van der Waals surface area (Å²) in [6.45, 7) is 7.26. The number of Topliss-reactive ketones (excluding diaryl/α,β-unsaturated/α-hetero) is 1. The molecule has 0 aliphatic carbocycles. The van der Waals surface area contributed by atoms with E-state index in [4.69, 9.17) is 4.74 Å². The van der Waals surface area contributed by atoms with Crippen LogP contribution in [0.5, 0.6) is 5.75 Å². The molecule has 0 radical (unpaired) electrons. The molecule has 4 nitrogen and oxygen atoms in total. The number of hydrogen-bond acceptors (Lipinski definition) is 3. The second kappa shape index (κ2) is 6.52. The number of likely N-dealkylation sites (tertiary alicyclic amines) is 1. The highest BCUT2D eigenvalue weighted by atomic mass is 16.5. The first-order valence-electron chi connectivity index (χ1n) is 9.57. The largest absolute Gasteiger partial charge is 0.486 e. The molecule has 2 heterocycles. The summed E-state index contributed by atoms with van der Waals surface area (Å²) in [5.74, 6) is 0.950. The summed E-state index contributed by atoms with van der Waals surface area (Å²) in [6, 6.07) is 11.6. The number of nitrogens with zero attached hydrogens (tertiary/aromatic N) is 1. The number of carbonyl (C=O) groups excluding carboxylic acids is 2. The van der Waals surface area contributed by atoms with Crippen LogP contribution in [0.1, 0.15) is 56.7 Å². The minimum absolute atomic E-state index is 0.0584. The fourth-order valence-corrected chi connectivity index (χ4v) is 4.14. The van der Waals surface area contributed by atoms with Crippen LogP contribution < -0.4 is 4.74 Å². The molecule has 27 heavy (non-hydrogen) atoms. The van der Waals surface area contributed by atoms with E-state index in [9.17, 15) is 9.59 Å². The average Bonchev–Trinajstić information content (AvgIpc) is 2.65. The quantitative estimate of drug-likeness (QED) is 0.761. The Hall–Kier alpha value is -2.62. The van der Waals surface area contributed by atoms with E-state index in [0.717, 1.165) is 28.0 Å². The number of carbonyl (C=O) groups is 2. The topological polar surface area (TPSA) is 46.6 Å². The van der Waals surface area contributed by atoms with E-state index in [1.807, 2.05) is 62.1 Å².